The molecule has 1 aromatic heterocycles. The van der Waals surface area contributed by atoms with Gasteiger partial charge >= 0.3 is 0 Å². The van der Waals surface area contributed by atoms with Crippen molar-refractivity contribution in [3.8, 4) is 11.1 Å². The van der Waals surface area contributed by atoms with E-state index in [0.29, 0.717) is 5.92 Å². The van der Waals surface area contributed by atoms with Gasteiger partial charge in [-0.1, -0.05) is 115 Å². The Morgan fingerprint density at radius 2 is 1.39 bits per heavy atom. The summed E-state index contributed by atoms with van der Waals surface area (Å²) in [5.74, 6) is 0.503. The van der Waals surface area contributed by atoms with Crippen LogP contribution < -0.4 is 19.6 Å². The number of hydrogen-bond donors (Lipinski definition) is 0. The van der Waals surface area contributed by atoms with E-state index in [-0.39, 0.29) is 0 Å². The Balaban J connectivity index is 0.974. The summed E-state index contributed by atoms with van der Waals surface area (Å²) < 4.78 is 2.60. The van der Waals surface area contributed by atoms with Gasteiger partial charge in [0.1, 0.15) is 0 Å². The lowest BCUT2D eigenvalue weighted by Crippen LogP contribution is -2.20. The molecule has 4 aliphatic rings. The summed E-state index contributed by atoms with van der Waals surface area (Å²) in [6.07, 6.45) is 19.2. The highest BCUT2D eigenvalue weighted by atomic mass is 32.2. The summed E-state index contributed by atoms with van der Waals surface area (Å²) in [6, 6.07) is 44.4. The van der Waals surface area contributed by atoms with Crippen molar-refractivity contribution in [3.63, 3.8) is 0 Å². The van der Waals surface area contributed by atoms with E-state index in [4.69, 9.17) is 0 Å². The van der Waals surface area contributed by atoms with Crippen molar-refractivity contribution in [1.29, 1.82) is 0 Å². The summed E-state index contributed by atoms with van der Waals surface area (Å²) in [4.78, 5) is 7.56. The second-order valence-corrected chi connectivity index (χ2v) is 15.5. The Hall–Kier alpha value is -5.51. The number of fused-ring (bicyclic) bond motifs is 6. The number of hydrogen-bond acceptors (Lipinski definition) is 4. The highest BCUT2D eigenvalue weighted by molar-refractivity contribution is 8.03. The molecule has 4 heteroatoms. The van der Waals surface area contributed by atoms with Gasteiger partial charge in [-0.3, -0.25) is 0 Å². The maximum Gasteiger partial charge on any atom is 0.0911 e. The lowest BCUT2D eigenvalue weighted by molar-refractivity contribution is 0.837. The van der Waals surface area contributed by atoms with Gasteiger partial charge in [0.15, 0.2) is 0 Å². The average molecular weight is 691 g/mol. The second kappa shape index (κ2) is 12.7. The third kappa shape index (κ3) is 5.44. The Labute approximate surface area is 306 Å². The van der Waals surface area contributed by atoms with Gasteiger partial charge in [0.2, 0.25) is 0 Å². The Kier molecular flexibility index (Phi) is 7.53. The van der Waals surface area contributed by atoms with Crippen molar-refractivity contribution in [3.05, 3.63) is 189 Å². The third-order valence-electron chi connectivity index (χ3n) is 10.2. The molecular weight excluding hydrogens is 657 g/mol. The number of rotatable bonds is 7. The minimum absolute atomic E-state index is 0.503. The molecule has 0 amide bonds. The number of nitrogens with zero attached hydrogens (tertiary/aromatic N) is 2. The van der Waals surface area contributed by atoms with Crippen LogP contribution in [0.15, 0.2) is 179 Å². The number of para-hydroxylation sites is 1. The van der Waals surface area contributed by atoms with Crippen LogP contribution in [0.2, 0.25) is 0 Å². The van der Waals surface area contributed by atoms with Crippen LogP contribution in [0.25, 0.3) is 33.0 Å². The third-order valence-corrected chi connectivity index (χ3v) is 12.5. The van der Waals surface area contributed by atoms with E-state index in [1.807, 2.05) is 23.1 Å². The Bertz CT molecular complexity index is 2620. The van der Waals surface area contributed by atoms with Gasteiger partial charge in [-0.25, -0.2) is 0 Å². The van der Waals surface area contributed by atoms with E-state index in [9.17, 15) is 0 Å². The van der Waals surface area contributed by atoms with E-state index < -0.39 is 0 Å². The van der Waals surface area contributed by atoms with Crippen molar-refractivity contribution in [2.45, 2.75) is 30.1 Å². The van der Waals surface area contributed by atoms with E-state index in [0.717, 1.165) is 42.0 Å². The Morgan fingerprint density at radius 1 is 0.667 bits per heavy atom. The first kappa shape index (κ1) is 30.3. The molecular formula is C47H34N2S2. The molecule has 1 aliphatic heterocycles. The molecule has 3 aliphatic carbocycles. The summed E-state index contributed by atoms with van der Waals surface area (Å²) >= 11 is 3.77. The van der Waals surface area contributed by atoms with Gasteiger partial charge in [0.25, 0.3) is 0 Å². The topological polar surface area (TPSA) is 6.48 Å². The zero-order valence-corrected chi connectivity index (χ0v) is 29.6. The molecule has 1 unspecified atom stereocenters. The Morgan fingerprint density at radius 3 is 2.18 bits per heavy atom. The normalized spacial score (nSPS) is 16.7. The van der Waals surface area contributed by atoms with Gasteiger partial charge in [0, 0.05) is 59.1 Å². The molecule has 0 spiro atoms. The van der Waals surface area contributed by atoms with Crippen LogP contribution in [-0.4, -0.2) is 0 Å². The molecule has 2 nitrogen and oxygen atoms in total. The molecule has 0 saturated carbocycles. The van der Waals surface area contributed by atoms with Crippen molar-refractivity contribution in [2.75, 3.05) is 9.80 Å². The highest BCUT2D eigenvalue weighted by Gasteiger charge is 2.29. The molecule has 2 heterocycles. The lowest BCUT2D eigenvalue weighted by Gasteiger charge is -2.27. The highest BCUT2D eigenvalue weighted by Crippen LogP contribution is 2.53. The number of benzene rings is 5. The molecule has 6 aromatic rings. The lowest BCUT2D eigenvalue weighted by atomic mass is 9.92. The zero-order chi connectivity index (χ0) is 33.7. The van der Waals surface area contributed by atoms with Gasteiger partial charge in [-0.05, 0) is 108 Å². The second-order valence-electron chi connectivity index (χ2n) is 13.3. The molecule has 5 aromatic carbocycles. The standard InChI is InChI=1S/C47H34N2S2/c1-3-11-34(12-4-1)48(38-27-28-42-40-15-7-9-17-44(40)50-46(42)30-38)36-23-19-32(20-24-36)33-21-25-37(26-22-33)49(35-13-5-2-6-14-35)39-29-43-41-16-8-10-18-45(41)51-47(43)31-39/h1,3-5,7-14,16-28,30-31,40H,2,6,15H2. The molecule has 0 N–H and O–H groups in total. The van der Waals surface area contributed by atoms with Crippen LogP contribution >= 0.6 is 23.1 Å². The van der Waals surface area contributed by atoms with Crippen molar-refractivity contribution < 1.29 is 0 Å². The minimum Gasteiger partial charge on any atom is -0.310 e. The van der Waals surface area contributed by atoms with Crippen LogP contribution in [0.5, 0.6) is 0 Å². The molecule has 0 saturated heterocycles. The average Bonchev–Trinajstić information content (AvgIpc) is 3.87. The van der Waals surface area contributed by atoms with Crippen LogP contribution in [0.1, 0.15) is 30.7 Å². The van der Waals surface area contributed by atoms with E-state index in [1.54, 1.807) is 0 Å². The predicted octanol–water partition coefficient (Wildman–Crippen LogP) is 11.9. The fraction of sp³-hybridized carbons (Fsp3) is 0.0851. The van der Waals surface area contributed by atoms with Crippen LogP contribution in [0.3, 0.4) is 0 Å². The summed E-state index contributed by atoms with van der Waals surface area (Å²) in [5, 5.41) is 2.49. The fourth-order valence-electron chi connectivity index (χ4n) is 7.69. The maximum atomic E-state index is 3.78. The summed E-state index contributed by atoms with van der Waals surface area (Å²) in [6.45, 7) is 0. The fourth-order valence-corrected chi connectivity index (χ4v) is 10.1. The summed E-state index contributed by atoms with van der Waals surface area (Å²) in [5.41, 5.74) is 14.5. The summed E-state index contributed by atoms with van der Waals surface area (Å²) in [7, 11) is 0. The first-order chi connectivity index (χ1) is 25.3. The van der Waals surface area contributed by atoms with Crippen molar-refractivity contribution in [2.24, 2.45) is 0 Å². The SMILES string of the molecule is C1=C(N(C2=CCCC=C2)c2ccc(-c3ccc(N(c4ccccc4)c4ccc5c(c4)SC4=CC=CCC45)cc3)cc2)C=c2sc3ccccc3c2=1. The van der Waals surface area contributed by atoms with Crippen molar-refractivity contribution in [1.82, 2.24) is 0 Å². The predicted molar refractivity (Wildman–Crippen MR) is 218 cm³/mol. The number of allylic oxidation sites excluding steroid dienone is 8. The van der Waals surface area contributed by atoms with Gasteiger partial charge < -0.3 is 9.80 Å². The van der Waals surface area contributed by atoms with Crippen LogP contribution in [0.4, 0.5) is 22.7 Å². The largest absolute Gasteiger partial charge is 0.310 e. The maximum absolute atomic E-state index is 3.78. The van der Waals surface area contributed by atoms with E-state index >= 15 is 0 Å². The van der Waals surface area contributed by atoms with Gasteiger partial charge in [-0.2, -0.15) is 0 Å². The number of thioether (sulfide) groups is 1. The van der Waals surface area contributed by atoms with E-state index in [1.165, 1.54) is 57.7 Å². The van der Waals surface area contributed by atoms with Gasteiger partial charge in [0.05, 0.1) is 5.70 Å². The molecule has 0 fully saturated rings. The van der Waals surface area contributed by atoms with Crippen LogP contribution in [0, 0.1) is 0 Å². The van der Waals surface area contributed by atoms with Gasteiger partial charge in [-0.15, -0.1) is 11.3 Å². The number of thiophene rings is 1. The first-order valence-corrected chi connectivity index (χ1v) is 19.3. The minimum atomic E-state index is 0.503. The molecule has 1 atom stereocenters. The molecule has 10 rings (SSSR count). The smallest absolute Gasteiger partial charge is 0.0911 e. The quantitative estimate of drug-likeness (QED) is 0.165. The van der Waals surface area contributed by atoms with Crippen LogP contribution in [-0.2, 0) is 0 Å². The van der Waals surface area contributed by atoms with E-state index in [2.05, 4.69) is 179 Å². The van der Waals surface area contributed by atoms with Crippen molar-refractivity contribution >= 4 is 67.7 Å². The first-order valence-electron chi connectivity index (χ1n) is 17.7. The molecule has 244 valence electrons. The monoisotopic (exact) mass is 690 g/mol. The molecule has 51 heavy (non-hydrogen) atoms. The molecule has 0 radical (unpaired) electrons. The zero-order valence-electron chi connectivity index (χ0n) is 28.0. The number of anilines is 4. The molecule has 0 bridgehead atoms.